The second-order valence-electron chi connectivity index (χ2n) is 2.79. The summed E-state index contributed by atoms with van der Waals surface area (Å²) in [5.41, 5.74) is -0.568. The molecule has 2 aliphatic heterocycles. The van der Waals surface area contributed by atoms with Gasteiger partial charge in [-0.15, -0.1) is 0 Å². The smallest absolute Gasteiger partial charge is 0.322 e. The van der Waals surface area contributed by atoms with Gasteiger partial charge < -0.3 is 5.32 Å². The van der Waals surface area contributed by atoms with Crippen LogP contribution < -0.4 is 10.6 Å². The van der Waals surface area contributed by atoms with Crippen LogP contribution in [0.25, 0.3) is 0 Å². The molecular formula is C6H8N2O2S. The lowest BCUT2D eigenvalue weighted by Gasteiger charge is -2.16. The molecule has 2 saturated heterocycles. The molecule has 2 rings (SSSR count). The van der Waals surface area contributed by atoms with E-state index in [1.807, 2.05) is 0 Å². The molecule has 0 unspecified atom stereocenters. The van der Waals surface area contributed by atoms with Crippen LogP contribution in [0.15, 0.2) is 0 Å². The van der Waals surface area contributed by atoms with E-state index in [4.69, 9.17) is 0 Å². The van der Waals surface area contributed by atoms with E-state index in [2.05, 4.69) is 10.6 Å². The quantitative estimate of drug-likeness (QED) is 0.493. The summed E-state index contributed by atoms with van der Waals surface area (Å²) in [6.45, 7) is 0. The number of urea groups is 1. The molecule has 0 aromatic carbocycles. The fourth-order valence-corrected chi connectivity index (χ4v) is 2.70. The van der Waals surface area contributed by atoms with E-state index in [1.165, 1.54) is 0 Å². The molecule has 3 amide bonds. The van der Waals surface area contributed by atoms with Crippen molar-refractivity contribution in [3.05, 3.63) is 0 Å². The van der Waals surface area contributed by atoms with Gasteiger partial charge in [-0.1, -0.05) is 0 Å². The third-order valence-corrected chi connectivity index (χ3v) is 3.23. The zero-order chi connectivity index (χ0) is 7.90. The molecule has 0 aromatic heterocycles. The van der Waals surface area contributed by atoms with Gasteiger partial charge in [0.1, 0.15) is 5.54 Å². The zero-order valence-corrected chi connectivity index (χ0v) is 6.66. The number of hydrogen-bond donors (Lipinski definition) is 2. The minimum Gasteiger partial charge on any atom is -0.322 e. The molecule has 2 heterocycles. The van der Waals surface area contributed by atoms with Gasteiger partial charge in [0.2, 0.25) is 0 Å². The highest BCUT2D eigenvalue weighted by Gasteiger charge is 2.48. The van der Waals surface area contributed by atoms with Gasteiger partial charge in [-0.25, -0.2) is 4.79 Å². The maximum Gasteiger partial charge on any atom is 0.322 e. The van der Waals surface area contributed by atoms with Crippen molar-refractivity contribution in [2.24, 2.45) is 0 Å². The van der Waals surface area contributed by atoms with Crippen LogP contribution >= 0.6 is 11.8 Å². The van der Waals surface area contributed by atoms with Gasteiger partial charge in [-0.05, 0) is 12.2 Å². The Balaban J connectivity index is 2.24. The Hall–Kier alpha value is -0.710. The molecular weight excluding hydrogens is 164 g/mol. The average molecular weight is 172 g/mol. The Bertz CT molecular complexity index is 223. The molecule has 2 N–H and O–H groups in total. The molecule has 1 spiro atoms. The van der Waals surface area contributed by atoms with Crippen molar-refractivity contribution in [2.75, 3.05) is 11.5 Å². The molecule has 2 aliphatic rings. The van der Waals surface area contributed by atoms with Crippen LogP contribution in [-0.4, -0.2) is 29.0 Å². The van der Waals surface area contributed by atoms with Gasteiger partial charge >= 0.3 is 6.03 Å². The van der Waals surface area contributed by atoms with Crippen LogP contribution in [0, 0.1) is 0 Å². The van der Waals surface area contributed by atoms with Crippen molar-refractivity contribution in [2.45, 2.75) is 12.0 Å². The van der Waals surface area contributed by atoms with E-state index in [9.17, 15) is 9.59 Å². The van der Waals surface area contributed by atoms with Gasteiger partial charge in [0, 0.05) is 5.75 Å². The summed E-state index contributed by atoms with van der Waals surface area (Å²) in [4.78, 5) is 22.0. The van der Waals surface area contributed by atoms with Gasteiger partial charge in [0.25, 0.3) is 5.91 Å². The lowest BCUT2D eigenvalue weighted by molar-refractivity contribution is -0.123. The van der Waals surface area contributed by atoms with Crippen molar-refractivity contribution in [1.82, 2.24) is 10.6 Å². The minimum atomic E-state index is -0.568. The number of carbonyl (C=O) groups excluding carboxylic acids is 2. The first-order valence-corrected chi connectivity index (χ1v) is 4.60. The van der Waals surface area contributed by atoms with Crippen LogP contribution in [0.4, 0.5) is 4.79 Å². The number of amides is 3. The second-order valence-corrected chi connectivity index (χ2v) is 3.90. The third-order valence-electron chi connectivity index (χ3n) is 2.04. The number of carbonyl (C=O) groups is 2. The lowest BCUT2D eigenvalue weighted by Crippen LogP contribution is -2.46. The number of imide groups is 1. The highest BCUT2D eigenvalue weighted by atomic mass is 32.2. The predicted octanol–water partition coefficient (Wildman–Crippen LogP) is -0.299. The fraction of sp³-hybridized carbons (Fsp3) is 0.667. The number of thioether (sulfide) groups is 1. The molecule has 0 radical (unpaired) electrons. The monoisotopic (exact) mass is 172 g/mol. The summed E-state index contributed by atoms with van der Waals surface area (Å²) in [5.74, 6) is 1.51. The lowest BCUT2D eigenvalue weighted by atomic mass is 10.0. The molecule has 60 valence electrons. The van der Waals surface area contributed by atoms with E-state index in [0.29, 0.717) is 5.75 Å². The van der Waals surface area contributed by atoms with Gasteiger partial charge in [-0.3, -0.25) is 10.1 Å². The molecule has 2 fully saturated rings. The maximum absolute atomic E-state index is 11.2. The molecule has 5 heteroatoms. The maximum atomic E-state index is 11.2. The first-order chi connectivity index (χ1) is 5.23. The Morgan fingerprint density at radius 2 is 2.27 bits per heavy atom. The Kier molecular flexibility index (Phi) is 1.35. The molecule has 0 aromatic rings. The first-order valence-electron chi connectivity index (χ1n) is 3.44. The van der Waals surface area contributed by atoms with E-state index in [1.54, 1.807) is 11.8 Å². The van der Waals surface area contributed by atoms with E-state index >= 15 is 0 Å². The van der Waals surface area contributed by atoms with E-state index in [0.717, 1.165) is 12.2 Å². The van der Waals surface area contributed by atoms with Gasteiger partial charge in [0.15, 0.2) is 0 Å². The molecule has 11 heavy (non-hydrogen) atoms. The highest BCUT2D eigenvalue weighted by molar-refractivity contribution is 7.99. The second kappa shape index (κ2) is 2.14. The van der Waals surface area contributed by atoms with Gasteiger partial charge in [0.05, 0.1) is 0 Å². The van der Waals surface area contributed by atoms with Crippen molar-refractivity contribution < 1.29 is 9.59 Å². The summed E-state index contributed by atoms with van der Waals surface area (Å²) < 4.78 is 0. The molecule has 0 saturated carbocycles. The van der Waals surface area contributed by atoms with Crippen molar-refractivity contribution >= 4 is 23.7 Å². The summed E-state index contributed by atoms with van der Waals surface area (Å²) in [6, 6.07) is -0.350. The molecule has 1 atom stereocenters. The zero-order valence-electron chi connectivity index (χ0n) is 5.85. The van der Waals surface area contributed by atoms with Crippen molar-refractivity contribution in [3.8, 4) is 0 Å². The Morgan fingerprint density at radius 3 is 2.73 bits per heavy atom. The van der Waals surface area contributed by atoms with Crippen molar-refractivity contribution in [3.63, 3.8) is 0 Å². The molecule has 0 aliphatic carbocycles. The third kappa shape index (κ3) is 0.910. The Morgan fingerprint density at radius 1 is 1.45 bits per heavy atom. The SMILES string of the molecule is O=C1NC(=O)[C@@]2(CCSC2)N1. The summed E-state index contributed by atoms with van der Waals surface area (Å²) >= 11 is 1.70. The molecule has 0 bridgehead atoms. The first kappa shape index (κ1) is 6.97. The van der Waals surface area contributed by atoms with Crippen LogP contribution in [0.2, 0.25) is 0 Å². The minimum absolute atomic E-state index is 0.160. The van der Waals surface area contributed by atoms with Crippen LogP contribution in [0.1, 0.15) is 6.42 Å². The number of hydrogen-bond acceptors (Lipinski definition) is 3. The predicted molar refractivity (Wildman–Crippen MR) is 41.3 cm³/mol. The largest absolute Gasteiger partial charge is 0.322 e. The number of nitrogens with one attached hydrogen (secondary N) is 2. The van der Waals surface area contributed by atoms with Gasteiger partial charge in [-0.2, -0.15) is 11.8 Å². The topological polar surface area (TPSA) is 58.2 Å². The summed E-state index contributed by atoms with van der Waals surface area (Å²) in [5, 5.41) is 4.91. The van der Waals surface area contributed by atoms with E-state index in [-0.39, 0.29) is 11.9 Å². The average Bonchev–Trinajstić information content (AvgIpc) is 2.45. The summed E-state index contributed by atoms with van der Waals surface area (Å²) in [7, 11) is 0. The molecule has 4 nitrogen and oxygen atoms in total. The van der Waals surface area contributed by atoms with Crippen LogP contribution in [0.5, 0.6) is 0 Å². The van der Waals surface area contributed by atoms with Crippen LogP contribution in [-0.2, 0) is 4.79 Å². The standard InChI is InChI=1S/C6H8N2O2S/c9-4-6(1-2-11-3-6)8-5(10)7-4/h1-3H2,(H2,7,8,9,10)/t6-/m0/s1. The van der Waals surface area contributed by atoms with E-state index < -0.39 is 5.54 Å². The summed E-state index contributed by atoms with van der Waals surface area (Å²) in [6.07, 6.45) is 0.759. The fourth-order valence-electron chi connectivity index (χ4n) is 1.37. The Labute approximate surface area is 68.1 Å². The van der Waals surface area contributed by atoms with Crippen molar-refractivity contribution in [1.29, 1.82) is 0 Å². The number of rotatable bonds is 0. The van der Waals surface area contributed by atoms with Crippen LogP contribution in [0.3, 0.4) is 0 Å². The highest BCUT2D eigenvalue weighted by Crippen LogP contribution is 2.29. The normalized spacial score (nSPS) is 36.0.